The molecule has 1 aromatic rings. The van der Waals surface area contributed by atoms with E-state index in [1.54, 1.807) is 25.2 Å². The highest BCUT2D eigenvalue weighted by molar-refractivity contribution is 9.11. The maximum Gasteiger partial charge on any atom is 0.244 e. The minimum absolute atomic E-state index is 0.116. The van der Waals surface area contributed by atoms with E-state index >= 15 is 0 Å². The quantitative estimate of drug-likeness (QED) is 0.648. The SMILES string of the molecule is CN(C1CCCCC1Cl)S(=O)(=O)c1cc(Br)ccc1Br. The molecule has 1 saturated carbocycles. The van der Waals surface area contributed by atoms with Crippen molar-refractivity contribution >= 4 is 53.5 Å². The van der Waals surface area contributed by atoms with Gasteiger partial charge in [-0.2, -0.15) is 4.31 Å². The van der Waals surface area contributed by atoms with E-state index < -0.39 is 10.0 Å². The van der Waals surface area contributed by atoms with Gasteiger partial charge in [-0.25, -0.2) is 8.42 Å². The normalized spacial score (nSPS) is 24.1. The van der Waals surface area contributed by atoms with Gasteiger partial charge < -0.3 is 0 Å². The van der Waals surface area contributed by atoms with Crippen molar-refractivity contribution in [1.29, 1.82) is 0 Å². The van der Waals surface area contributed by atoms with Crippen LogP contribution in [-0.4, -0.2) is 31.2 Å². The van der Waals surface area contributed by atoms with Gasteiger partial charge in [-0.3, -0.25) is 0 Å². The smallest absolute Gasteiger partial charge is 0.207 e. The van der Waals surface area contributed by atoms with Crippen molar-refractivity contribution in [3.8, 4) is 0 Å². The first kappa shape index (κ1) is 16.7. The van der Waals surface area contributed by atoms with E-state index in [1.807, 2.05) is 0 Å². The molecule has 0 radical (unpaired) electrons. The van der Waals surface area contributed by atoms with Crippen molar-refractivity contribution in [3.05, 3.63) is 27.1 Å². The molecule has 0 bridgehead atoms. The Morgan fingerprint density at radius 3 is 2.55 bits per heavy atom. The third-order valence-electron chi connectivity index (χ3n) is 3.66. The fourth-order valence-electron chi connectivity index (χ4n) is 2.48. The fourth-order valence-corrected chi connectivity index (χ4v) is 5.88. The van der Waals surface area contributed by atoms with E-state index in [4.69, 9.17) is 11.6 Å². The second kappa shape index (κ2) is 6.65. The first-order valence-corrected chi connectivity index (χ1v) is 9.87. The maximum atomic E-state index is 12.8. The van der Waals surface area contributed by atoms with Crippen molar-refractivity contribution in [1.82, 2.24) is 4.31 Å². The second-order valence-corrected chi connectivity index (χ2v) is 9.26. The minimum atomic E-state index is -3.55. The van der Waals surface area contributed by atoms with Gasteiger partial charge in [0.15, 0.2) is 0 Å². The van der Waals surface area contributed by atoms with Crippen LogP contribution >= 0.6 is 43.5 Å². The average Bonchev–Trinajstić information content (AvgIpc) is 2.41. The van der Waals surface area contributed by atoms with Crippen LogP contribution in [0.2, 0.25) is 0 Å². The monoisotopic (exact) mass is 443 g/mol. The molecule has 112 valence electrons. The Kier molecular flexibility index (Phi) is 5.57. The largest absolute Gasteiger partial charge is 0.244 e. The van der Waals surface area contributed by atoms with Gasteiger partial charge in [0, 0.05) is 22.0 Å². The molecule has 1 aliphatic rings. The molecule has 0 aromatic heterocycles. The van der Waals surface area contributed by atoms with Crippen molar-refractivity contribution in [2.24, 2.45) is 0 Å². The molecule has 2 atom stereocenters. The van der Waals surface area contributed by atoms with E-state index in [0.717, 1.165) is 30.2 Å². The van der Waals surface area contributed by atoms with Crippen LogP contribution in [0, 0.1) is 0 Å². The Morgan fingerprint density at radius 2 is 1.90 bits per heavy atom. The van der Waals surface area contributed by atoms with Crippen LogP contribution in [0.3, 0.4) is 0 Å². The Balaban J connectivity index is 2.36. The maximum absolute atomic E-state index is 12.8. The molecular weight excluding hydrogens is 429 g/mol. The molecule has 1 aliphatic carbocycles. The molecule has 0 spiro atoms. The third-order valence-corrected chi connectivity index (χ3v) is 7.54. The molecule has 20 heavy (non-hydrogen) atoms. The average molecular weight is 446 g/mol. The third kappa shape index (κ3) is 3.40. The molecule has 0 amide bonds. The summed E-state index contributed by atoms with van der Waals surface area (Å²) >= 11 is 12.9. The van der Waals surface area contributed by atoms with E-state index in [0.29, 0.717) is 4.47 Å². The van der Waals surface area contributed by atoms with E-state index in [1.165, 1.54) is 4.31 Å². The lowest BCUT2D eigenvalue weighted by molar-refractivity contribution is 0.291. The number of sulfonamides is 1. The molecule has 7 heteroatoms. The van der Waals surface area contributed by atoms with Gasteiger partial charge in [0.2, 0.25) is 10.0 Å². The summed E-state index contributed by atoms with van der Waals surface area (Å²) in [5.74, 6) is 0. The predicted molar refractivity (Wildman–Crippen MR) is 88.7 cm³/mol. The zero-order chi connectivity index (χ0) is 14.9. The van der Waals surface area contributed by atoms with Crippen molar-refractivity contribution in [3.63, 3.8) is 0 Å². The highest BCUT2D eigenvalue weighted by atomic mass is 79.9. The van der Waals surface area contributed by atoms with Crippen molar-refractivity contribution in [2.75, 3.05) is 7.05 Å². The number of rotatable bonds is 3. The summed E-state index contributed by atoms with van der Waals surface area (Å²) in [6.07, 6.45) is 3.77. The first-order chi connectivity index (χ1) is 9.34. The van der Waals surface area contributed by atoms with Crippen LogP contribution in [0.25, 0.3) is 0 Å². The van der Waals surface area contributed by atoms with Crippen LogP contribution in [0.15, 0.2) is 32.0 Å². The summed E-state index contributed by atoms with van der Waals surface area (Å²) < 4.78 is 28.3. The standard InChI is InChI=1S/C13H16Br2ClNO2S/c1-17(12-5-3-2-4-11(12)16)20(18,19)13-8-9(14)6-7-10(13)15/h6-8,11-12H,2-5H2,1H3. The predicted octanol–water partition coefficient (Wildman–Crippen LogP) is 4.38. The molecule has 2 unspecified atom stereocenters. The summed E-state index contributed by atoms with van der Waals surface area (Å²) in [5, 5.41) is -0.116. The van der Waals surface area contributed by atoms with E-state index in [9.17, 15) is 8.42 Å². The number of hydrogen-bond donors (Lipinski definition) is 0. The lowest BCUT2D eigenvalue weighted by atomic mass is 9.95. The number of hydrogen-bond acceptors (Lipinski definition) is 2. The molecule has 1 aromatic carbocycles. The first-order valence-electron chi connectivity index (χ1n) is 6.41. The highest BCUT2D eigenvalue weighted by Crippen LogP contribution is 2.33. The molecular formula is C13H16Br2ClNO2S. The number of alkyl halides is 1. The number of nitrogens with zero attached hydrogens (tertiary/aromatic N) is 1. The Hall–Kier alpha value is 0.380. The van der Waals surface area contributed by atoms with Gasteiger partial charge in [0.25, 0.3) is 0 Å². The van der Waals surface area contributed by atoms with Gasteiger partial charge in [-0.15, -0.1) is 11.6 Å². The van der Waals surface area contributed by atoms with E-state index in [2.05, 4.69) is 31.9 Å². The topological polar surface area (TPSA) is 37.4 Å². The lowest BCUT2D eigenvalue weighted by Crippen LogP contribution is -2.44. The van der Waals surface area contributed by atoms with Crippen molar-refractivity contribution < 1.29 is 8.42 Å². The highest BCUT2D eigenvalue weighted by Gasteiger charge is 2.35. The summed E-state index contributed by atoms with van der Waals surface area (Å²) in [5.41, 5.74) is 0. The van der Waals surface area contributed by atoms with Crippen LogP contribution < -0.4 is 0 Å². The van der Waals surface area contributed by atoms with Gasteiger partial charge >= 0.3 is 0 Å². The minimum Gasteiger partial charge on any atom is -0.207 e. The molecule has 0 aliphatic heterocycles. The number of halogens is 3. The van der Waals surface area contributed by atoms with Crippen molar-refractivity contribution in [2.45, 2.75) is 42.0 Å². The Labute approximate surface area is 142 Å². The fraction of sp³-hybridized carbons (Fsp3) is 0.538. The van der Waals surface area contributed by atoms with Gasteiger partial charge in [-0.05, 0) is 47.0 Å². The molecule has 3 nitrogen and oxygen atoms in total. The summed E-state index contributed by atoms with van der Waals surface area (Å²) in [7, 11) is -1.93. The Bertz CT molecular complexity index is 594. The van der Waals surface area contributed by atoms with Crippen LogP contribution in [0.5, 0.6) is 0 Å². The second-order valence-electron chi connectivity index (χ2n) is 4.96. The summed E-state index contributed by atoms with van der Waals surface area (Å²) in [4.78, 5) is 0.267. The molecule has 0 heterocycles. The van der Waals surface area contributed by atoms with Gasteiger partial charge in [0.05, 0.1) is 10.3 Å². The van der Waals surface area contributed by atoms with Crippen LogP contribution in [0.1, 0.15) is 25.7 Å². The van der Waals surface area contributed by atoms with Crippen LogP contribution in [-0.2, 0) is 10.0 Å². The zero-order valence-corrected chi connectivity index (χ0v) is 15.8. The van der Waals surface area contributed by atoms with E-state index in [-0.39, 0.29) is 16.3 Å². The van der Waals surface area contributed by atoms with Crippen LogP contribution in [0.4, 0.5) is 0 Å². The van der Waals surface area contributed by atoms with Gasteiger partial charge in [-0.1, -0.05) is 28.8 Å². The van der Waals surface area contributed by atoms with Gasteiger partial charge in [0.1, 0.15) is 0 Å². The molecule has 0 N–H and O–H groups in total. The summed E-state index contributed by atoms with van der Waals surface area (Å²) in [6.45, 7) is 0. The Morgan fingerprint density at radius 1 is 1.25 bits per heavy atom. The molecule has 2 rings (SSSR count). The lowest BCUT2D eigenvalue weighted by Gasteiger charge is -2.34. The molecule has 0 saturated heterocycles. The number of benzene rings is 1. The molecule has 1 fully saturated rings. The summed E-state index contributed by atoms with van der Waals surface area (Å²) in [6, 6.07) is 5.00. The zero-order valence-electron chi connectivity index (χ0n) is 11.0.